The molecule has 0 saturated carbocycles. The smallest absolute Gasteiger partial charge is 0.143 e. The van der Waals surface area contributed by atoms with Crippen LogP contribution in [0.15, 0.2) is 12.3 Å². The largest absolute Gasteiger partial charge is 0.245 e. The first-order valence-corrected chi connectivity index (χ1v) is 4.07. The molecule has 0 amide bonds. The monoisotopic (exact) mass is 162 g/mol. The van der Waals surface area contributed by atoms with Gasteiger partial charge in [-0.15, -0.1) is 0 Å². The molecule has 1 aromatic heterocycles. The molecule has 0 aliphatic carbocycles. The first-order valence-electron chi connectivity index (χ1n) is 4.07. The number of hydrogen-bond acceptors (Lipinski definition) is 2. The Kier molecular flexibility index (Phi) is 4.71. The van der Waals surface area contributed by atoms with E-state index in [-0.39, 0.29) is 0 Å². The lowest BCUT2D eigenvalue weighted by Crippen LogP contribution is -1.87. The molecule has 0 bridgehead atoms. The van der Waals surface area contributed by atoms with Crippen molar-refractivity contribution in [2.75, 3.05) is 0 Å². The number of nitriles is 1. The predicted octanol–water partition coefficient (Wildman–Crippen LogP) is 2.60. The molecule has 0 aliphatic heterocycles. The van der Waals surface area contributed by atoms with E-state index < -0.39 is 0 Å². The highest BCUT2D eigenvalue weighted by molar-refractivity contribution is 5.31. The van der Waals surface area contributed by atoms with E-state index in [1.807, 2.05) is 39.8 Å². The van der Waals surface area contributed by atoms with E-state index in [1.54, 1.807) is 6.20 Å². The summed E-state index contributed by atoms with van der Waals surface area (Å²) < 4.78 is 0. The van der Waals surface area contributed by atoms with Crippen LogP contribution in [-0.2, 0) is 0 Å². The average molecular weight is 162 g/mol. The minimum Gasteiger partial charge on any atom is -0.245 e. The predicted molar refractivity (Wildman–Crippen MR) is 49.8 cm³/mol. The summed E-state index contributed by atoms with van der Waals surface area (Å²) in [7, 11) is 0. The van der Waals surface area contributed by atoms with Gasteiger partial charge in [0.25, 0.3) is 0 Å². The van der Waals surface area contributed by atoms with Crippen LogP contribution in [0.1, 0.15) is 30.7 Å². The number of aryl methyl sites for hydroxylation is 2. The third-order valence-electron chi connectivity index (χ3n) is 1.32. The van der Waals surface area contributed by atoms with Crippen LogP contribution in [0.5, 0.6) is 0 Å². The first kappa shape index (κ1) is 10.6. The van der Waals surface area contributed by atoms with Crippen LogP contribution >= 0.6 is 0 Å². The molecule has 1 aromatic rings. The van der Waals surface area contributed by atoms with E-state index in [4.69, 9.17) is 5.26 Å². The molecule has 0 atom stereocenters. The van der Waals surface area contributed by atoms with Gasteiger partial charge >= 0.3 is 0 Å². The summed E-state index contributed by atoms with van der Waals surface area (Å²) in [6.07, 6.45) is 1.70. The first-order chi connectivity index (χ1) is 5.74. The zero-order chi connectivity index (χ0) is 9.56. The van der Waals surface area contributed by atoms with Crippen molar-refractivity contribution in [2.45, 2.75) is 27.7 Å². The van der Waals surface area contributed by atoms with Gasteiger partial charge in [0, 0.05) is 6.20 Å². The maximum absolute atomic E-state index is 8.50. The maximum atomic E-state index is 8.50. The van der Waals surface area contributed by atoms with E-state index >= 15 is 0 Å². The summed E-state index contributed by atoms with van der Waals surface area (Å²) in [5, 5.41) is 8.50. The van der Waals surface area contributed by atoms with Gasteiger partial charge in [-0.25, -0.2) is 4.98 Å². The fourth-order valence-electron chi connectivity index (χ4n) is 0.832. The van der Waals surface area contributed by atoms with Gasteiger partial charge in [-0.1, -0.05) is 19.9 Å². The lowest BCUT2D eigenvalue weighted by molar-refractivity contribution is 1.18. The lowest BCUT2D eigenvalue weighted by atomic mass is 10.2. The van der Waals surface area contributed by atoms with Crippen molar-refractivity contribution < 1.29 is 0 Å². The molecule has 64 valence electrons. The van der Waals surface area contributed by atoms with Gasteiger partial charge in [-0.2, -0.15) is 5.26 Å². The van der Waals surface area contributed by atoms with Gasteiger partial charge in [0.15, 0.2) is 0 Å². The maximum Gasteiger partial charge on any atom is 0.143 e. The summed E-state index contributed by atoms with van der Waals surface area (Å²) in [5.41, 5.74) is 2.56. The molecule has 0 radical (unpaired) electrons. The summed E-state index contributed by atoms with van der Waals surface area (Å²) in [6, 6.07) is 3.96. The molecule has 0 unspecified atom stereocenters. The van der Waals surface area contributed by atoms with Crippen molar-refractivity contribution in [3.05, 3.63) is 29.1 Å². The standard InChI is InChI=1S/C8H8N2.C2H6/c1-6-3-7(2)8(4-9)10-5-6;1-2/h3,5H,1-2H3;1-2H3. The van der Waals surface area contributed by atoms with Crippen molar-refractivity contribution in [3.63, 3.8) is 0 Å². The number of nitrogens with zero attached hydrogens (tertiary/aromatic N) is 2. The van der Waals surface area contributed by atoms with Crippen LogP contribution in [0.3, 0.4) is 0 Å². The zero-order valence-corrected chi connectivity index (χ0v) is 8.05. The van der Waals surface area contributed by atoms with Crippen molar-refractivity contribution in [3.8, 4) is 6.07 Å². The topological polar surface area (TPSA) is 36.7 Å². The van der Waals surface area contributed by atoms with Crippen molar-refractivity contribution in [1.29, 1.82) is 5.26 Å². The van der Waals surface area contributed by atoms with E-state index in [9.17, 15) is 0 Å². The summed E-state index contributed by atoms with van der Waals surface area (Å²) in [6.45, 7) is 7.85. The Hall–Kier alpha value is -1.36. The van der Waals surface area contributed by atoms with E-state index in [0.717, 1.165) is 11.1 Å². The van der Waals surface area contributed by atoms with Crippen LogP contribution in [0.4, 0.5) is 0 Å². The molecule has 0 saturated heterocycles. The summed E-state index contributed by atoms with van der Waals surface area (Å²) in [5.74, 6) is 0. The minimum atomic E-state index is 0.519. The minimum absolute atomic E-state index is 0.519. The fraction of sp³-hybridized carbons (Fsp3) is 0.400. The molecule has 0 N–H and O–H groups in total. The number of aromatic nitrogens is 1. The van der Waals surface area contributed by atoms with Crippen LogP contribution in [-0.4, -0.2) is 4.98 Å². The van der Waals surface area contributed by atoms with Gasteiger partial charge in [-0.3, -0.25) is 0 Å². The fourth-order valence-corrected chi connectivity index (χ4v) is 0.832. The highest BCUT2D eigenvalue weighted by atomic mass is 14.7. The van der Waals surface area contributed by atoms with E-state index in [2.05, 4.69) is 4.98 Å². The highest BCUT2D eigenvalue weighted by Gasteiger charge is 1.95. The van der Waals surface area contributed by atoms with Gasteiger partial charge in [0.05, 0.1) is 0 Å². The third kappa shape index (κ3) is 2.71. The Balaban J connectivity index is 0.000000561. The molecule has 0 spiro atoms. The summed E-state index contributed by atoms with van der Waals surface area (Å²) in [4.78, 5) is 3.94. The Morgan fingerprint density at radius 3 is 2.33 bits per heavy atom. The van der Waals surface area contributed by atoms with Crippen LogP contribution in [0.25, 0.3) is 0 Å². The summed E-state index contributed by atoms with van der Waals surface area (Å²) >= 11 is 0. The Morgan fingerprint density at radius 2 is 1.92 bits per heavy atom. The number of pyridine rings is 1. The molecular weight excluding hydrogens is 148 g/mol. The van der Waals surface area contributed by atoms with Crippen LogP contribution < -0.4 is 0 Å². The molecule has 0 aliphatic rings. The van der Waals surface area contributed by atoms with E-state index in [0.29, 0.717) is 5.69 Å². The average Bonchev–Trinajstić information content (AvgIpc) is 2.08. The second-order valence-corrected chi connectivity index (χ2v) is 2.29. The highest BCUT2D eigenvalue weighted by Crippen LogP contribution is 2.04. The SMILES string of the molecule is CC.Cc1cnc(C#N)c(C)c1. The second-order valence-electron chi connectivity index (χ2n) is 2.29. The third-order valence-corrected chi connectivity index (χ3v) is 1.32. The van der Waals surface area contributed by atoms with Crippen molar-refractivity contribution in [1.82, 2.24) is 4.98 Å². The molecule has 0 fully saturated rings. The van der Waals surface area contributed by atoms with E-state index in [1.165, 1.54) is 0 Å². The lowest BCUT2D eigenvalue weighted by Gasteiger charge is -1.95. The van der Waals surface area contributed by atoms with Gasteiger partial charge in [0.2, 0.25) is 0 Å². The Labute approximate surface area is 73.9 Å². The number of hydrogen-bond donors (Lipinski definition) is 0. The normalized spacial score (nSPS) is 7.92. The number of rotatable bonds is 0. The van der Waals surface area contributed by atoms with Gasteiger partial charge in [-0.05, 0) is 25.0 Å². The Bertz CT molecular complexity index is 284. The molecule has 2 nitrogen and oxygen atoms in total. The molecule has 2 heteroatoms. The quantitative estimate of drug-likeness (QED) is 0.588. The molecular formula is C10H14N2. The zero-order valence-electron chi connectivity index (χ0n) is 8.05. The Morgan fingerprint density at radius 1 is 1.33 bits per heavy atom. The molecule has 1 rings (SSSR count). The van der Waals surface area contributed by atoms with Gasteiger partial charge < -0.3 is 0 Å². The molecule has 0 aromatic carbocycles. The van der Waals surface area contributed by atoms with Crippen molar-refractivity contribution >= 4 is 0 Å². The van der Waals surface area contributed by atoms with Crippen molar-refractivity contribution in [2.24, 2.45) is 0 Å². The molecule has 12 heavy (non-hydrogen) atoms. The molecule has 1 heterocycles. The van der Waals surface area contributed by atoms with Crippen LogP contribution in [0, 0.1) is 25.2 Å². The second kappa shape index (κ2) is 5.31. The van der Waals surface area contributed by atoms with Gasteiger partial charge in [0.1, 0.15) is 11.8 Å². The van der Waals surface area contributed by atoms with Crippen LogP contribution in [0.2, 0.25) is 0 Å².